The third-order valence-electron chi connectivity index (χ3n) is 2.40. The molecule has 1 N–H and O–H groups in total. The zero-order chi connectivity index (χ0) is 12.3. The van der Waals surface area contributed by atoms with E-state index in [0.29, 0.717) is 5.92 Å². The van der Waals surface area contributed by atoms with Crippen LogP contribution in [0.25, 0.3) is 11.4 Å². The van der Waals surface area contributed by atoms with E-state index in [2.05, 4.69) is 59.7 Å². The first kappa shape index (κ1) is 12.0. The first-order valence-electron chi connectivity index (χ1n) is 5.80. The average Bonchev–Trinajstić information content (AvgIpc) is 2.76. The molecule has 2 aromatic rings. The molecule has 1 heterocycles. The molecule has 1 aromatic heterocycles. The second kappa shape index (κ2) is 5.27. The van der Waals surface area contributed by atoms with Crippen LogP contribution in [0.15, 0.2) is 24.3 Å². The molecule has 0 amide bonds. The van der Waals surface area contributed by atoms with Gasteiger partial charge >= 0.3 is 0 Å². The van der Waals surface area contributed by atoms with Gasteiger partial charge in [0.1, 0.15) is 0 Å². The molecular formula is C13H17N3S. The minimum absolute atomic E-state index is 0.613. The van der Waals surface area contributed by atoms with Gasteiger partial charge in [0, 0.05) is 23.6 Å². The summed E-state index contributed by atoms with van der Waals surface area (Å²) in [6.45, 7) is 7.36. The molecule has 3 nitrogen and oxygen atoms in total. The highest BCUT2D eigenvalue weighted by atomic mass is 32.1. The lowest BCUT2D eigenvalue weighted by atomic mass is 10.1. The Bertz CT molecular complexity index is 474. The van der Waals surface area contributed by atoms with Crippen LogP contribution in [0.5, 0.6) is 0 Å². The first-order chi connectivity index (χ1) is 8.15. The molecule has 0 aliphatic carbocycles. The number of nitrogens with one attached hydrogen (secondary N) is 1. The maximum absolute atomic E-state index is 4.48. The Morgan fingerprint density at radius 3 is 2.59 bits per heavy atom. The van der Waals surface area contributed by atoms with Gasteiger partial charge in [-0.05, 0) is 12.8 Å². The number of rotatable bonds is 4. The number of anilines is 1. The van der Waals surface area contributed by atoms with E-state index in [-0.39, 0.29) is 0 Å². The molecule has 1 aromatic carbocycles. The van der Waals surface area contributed by atoms with E-state index in [1.54, 1.807) is 0 Å². The van der Waals surface area contributed by atoms with Gasteiger partial charge < -0.3 is 5.32 Å². The maximum atomic E-state index is 4.48. The summed E-state index contributed by atoms with van der Waals surface area (Å²) in [5.74, 6) is 1.42. The molecule has 0 fully saturated rings. The van der Waals surface area contributed by atoms with Crippen molar-refractivity contribution >= 4 is 16.7 Å². The fraction of sp³-hybridized carbons (Fsp3) is 0.385. The Labute approximate surface area is 106 Å². The smallest absolute Gasteiger partial charge is 0.202 e. The fourth-order valence-corrected chi connectivity index (χ4v) is 2.00. The van der Waals surface area contributed by atoms with Gasteiger partial charge in [-0.3, -0.25) is 0 Å². The molecule has 0 saturated carbocycles. The van der Waals surface area contributed by atoms with Crippen molar-refractivity contribution < 1.29 is 0 Å². The van der Waals surface area contributed by atoms with Crippen molar-refractivity contribution in [2.24, 2.45) is 5.92 Å². The Kier molecular flexibility index (Phi) is 3.74. The monoisotopic (exact) mass is 247 g/mol. The van der Waals surface area contributed by atoms with Gasteiger partial charge in [0.2, 0.25) is 5.13 Å². The molecule has 90 valence electrons. The molecule has 4 heteroatoms. The summed E-state index contributed by atoms with van der Waals surface area (Å²) in [6.07, 6.45) is 0. The van der Waals surface area contributed by atoms with Crippen molar-refractivity contribution in [1.29, 1.82) is 0 Å². The van der Waals surface area contributed by atoms with E-state index < -0.39 is 0 Å². The van der Waals surface area contributed by atoms with Crippen molar-refractivity contribution in [3.8, 4) is 11.4 Å². The van der Waals surface area contributed by atoms with Crippen molar-refractivity contribution in [2.45, 2.75) is 20.8 Å². The van der Waals surface area contributed by atoms with Gasteiger partial charge in [-0.1, -0.05) is 43.7 Å². The normalized spacial score (nSPS) is 10.8. The van der Waals surface area contributed by atoms with Gasteiger partial charge in [-0.25, -0.2) is 0 Å². The minimum Gasteiger partial charge on any atom is -0.360 e. The van der Waals surface area contributed by atoms with E-state index in [1.807, 2.05) is 0 Å². The molecular weight excluding hydrogens is 230 g/mol. The van der Waals surface area contributed by atoms with Gasteiger partial charge in [-0.15, -0.1) is 0 Å². The second-order valence-electron chi connectivity index (χ2n) is 4.56. The molecule has 0 bridgehead atoms. The number of aromatic nitrogens is 2. The molecule has 17 heavy (non-hydrogen) atoms. The quantitative estimate of drug-likeness (QED) is 0.897. The molecule has 0 spiro atoms. The second-order valence-corrected chi connectivity index (χ2v) is 5.32. The van der Waals surface area contributed by atoms with Crippen molar-refractivity contribution in [2.75, 3.05) is 11.9 Å². The van der Waals surface area contributed by atoms with Crippen LogP contribution in [-0.4, -0.2) is 15.9 Å². The zero-order valence-corrected chi connectivity index (χ0v) is 11.2. The molecule has 0 atom stereocenters. The zero-order valence-electron chi connectivity index (χ0n) is 10.4. The van der Waals surface area contributed by atoms with Gasteiger partial charge in [0.25, 0.3) is 0 Å². The summed E-state index contributed by atoms with van der Waals surface area (Å²) in [4.78, 5) is 4.48. The highest BCUT2D eigenvalue weighted by molar-refractivity contribution is 7.09. The third kappa shape index (κ3) is 3.27. The Morgan fingerprint density at radius 2 is 1.94 bits per heavy atom. The molecule has 0 aliphatic heterocycles. The van der Waals surface area contributed by atoms with Crippen LogP contribution in [0.1, 0.15) is 19.4 Å². The van der Waals surface area contributed by atoms with Crippen LogP contribution >= 0.6 is 11.5 Å². The third-order valence-corrected chi connectivity index (χ3v) is 3.07. The van der Waals surface area contributed by atoms with Crippen LogP contribution in [0, 0.1) is 12.8 Å². The SMILES string of the molecule is Cc1ccc(-c2nsc(NCC(C)C)n2)cc1. The topological polar surface area (TPSA) is 37.8 Å². The summed E-state index contributed by atoms with van der Waals surface area (Å²) in [6, 6.07) is 8.28. The highest BCUT2D eigenvalue weighted by Gasteiger charge is 2.06. The van der Waals surface area contributed by atoms with Gasteiger partial charge in [0.05, 0.1) is 0 Å². The lowest BCUT2D eigenvalue weighted by molar-refractivity contribution is 0.688. The van der Waals surface area contributed by atoms with E-state index in [9.17, 15) is 0 Å². The lowest BCUT2D eigenvalue weighted by Gasteiger charge is -2.03. The molecule has 0 aliphatic rings. The number of benzene rings is 1. The lowest BCUT2D eigenvalue weighted by Crippen LogP contribution is -2.07. The minimum atomic E-state index is 0.613. The van der Waals surface area contributed by atoms with Crippen LogP contribution < -0.4 is 5.32 Å². The Balaban J connectivity index is 2.10. The maximum Gasteiger partial charge on any atom is 0.202 e. The standard InChI is InChI=1S/C13H17N3S/c1-9(2)8-14-13-15-12(16-17-13)11-6-4-10(3)5-7-11/h4-7,9H,8H2,1-3H3,(H,14,15,16). The number of nitrogens with zero attached hydrogens (tertiary/aromatic N) is 2. The van der Waals surface area contributed by atoms with E-state index in [1.165, 1.54) is 17.1 Å². The van der Waals surface area contributed by atoms with Crippen molar-refractivity contribution in [1.82, 2.24) is 9.36 Å². The summed E-state index contributed by atoms with van der Waals surface area (Å²) < 4.78 is 4.36. The molecule has 0 unspecified atom stereocenters. The molecule has 0 saturated heterocycles. The van der Waals surface area contributed by atoms with Crippen LogP contribution in [-0.2, 0) is 0 Å². The van der Waals surface area contributed by atoms with Crippen LogP contribution in [0.4, 0.5) is 5.13 Å². The van der Waals surface area contributed by atoms with Gasteiger partial charge in [-0.2, -0.15) is 9.36 Å². The Hall–Kier alpha value is -1.42. The van der Waals surface area contributed by atoms with E-state index in [4.69, 9.17) is 0 Å². The van der Waals surface area contributed by atoms with Gasteiger partial charge in [0.15, 0.2) is 5.82 Å². The largest absolute Gasteiger partial charge is 0.360 e. The first-order valence-corrected chi connectivity index (χ1v) is 6.57. The summed E-state index contributed by atoms with van der Waals surface area (Å²) >= 11 is 1.42. The molecule has 2 rings (SSSR count). The predicted octanol–water partition coefficient (Wildman–Crippen LogP) is 3.58. The fourth-order valence-electron chi connectivity index (χ4n) is 1.41. The predicted molar refractivity (Wildman–Crippen MR) is 73.4 cm³/mol. The van der Waals surface area contributed by atoms with E-state index >= 15 is 0 Å². The van der Waals surface area contributed by atoms with Crippen LogP contribution in [0.3, 0.4) is 0 Å². The number of hydrogen-bond acceptors (Lipinski definition) is 4. The summed E-state index contributed by atoms with van der Waals surface area (Å²) in [7, 11) is 0. The van der Waals surface area contributed by atoms with E-state index in [0.717, 1.165) is 23.1 Å². The highest BCUT2D eigenvalue weighted by Crippen LogP contribution is 2.21. The van der Waals surface area contributed by atoms with Crippen LogP contribution in [0.2, 0.25) is 0 Å². The Morgan fingerprint density at radius 1 is 1.24 bits per heavy atom. The summed E-state index contributed by atoms with van der Waals surface area (Å²) in [5, 5.41) is 4.19. The van der Waals surface area contributed by atoms with Crippen molar-refractivity contribution in [3.05, 3.63) is 29.8 Å². The van der Waals surface area contributed by atoms with Crippen molar-refractivity contribution in [3.63, 3.8) is 0 Å². The molecule has 0 radical (unpaired) electrons. The number of hydrogen-bond donors (Lipinski definition) is 1. The average molecular weight is 247 g/mol. The summed E-state index contributed by atoms with van der Waals surface area (Å²) in [5.41, 5.74) is 2.33. The number of aryl methyl sites for hydroxylation is 1.